The number of methoxy groups -OCH3 is 1. The van der Waals surface area contributed by atoms with Crippen LogP contribution in [-0.4, -0.2) is 52.6 Å². The molecule has 3 heterocycles. The quantitative estimate of drug-likeness (QED) is 0.205. The standard InChI is InChI=1S/C31H36ClFN6O4/c1-5-9-21(32)28(33)27(18(3)6-2)22-14-15-39(30(41)38-22)25-10-7-8-11-26(40)36-23-16-19(35-31(42)43-4)12-13-20(23)24-17-34-29(25)37-24/h5,7-9,12-13,16-17,22,25H,6,10-11,14-15H2,1-4H3,(H,34,37)(H,35,42)(H,36,40)(H,38,41)/b8-7+,9-5-,27-18-,28-21-/t22-,25?/m1/s1. The van der Waals surface area contributed by atoms with Crippen molar-refractivity contribution >= 4 is 41.0 Å². The zero-order chi connectivity index (χ0) is 31.1. The maximum Gasteiger partial charge on any atom is 0.411 e. The van der Waals surface area contributed by atoms with Crippen LogP contribution in [-0.2, 0) is 9.53 Å². The fraction of sp³-hybridized carbons (Fsp3) is 0.355. The SMILES string of the molecule is C\C=C/C(Cl)=C(F)\C(=C(\C)CC)[C@H]1CCN(C2C/C=C/CC(=O)Nc3cc(NC(=O)OC)ccc3-c3cnc2[nH]3)C(=O)N1. The van der Waals surface area contributed by atoms with Gasteiger partial charge in [-0.3, -0.25) is 10.1 Å². The van der Waals surface area contributed by atoms with Gasteiger partial charge in [0, 0.05) is 29.8 Å². The zero-order valence-electron chi connectivity index (χ0n) is 24.6. The first kappa shape index (κ1) is 31.6. The highest BCUT2D eigenvalue weighted by Gasteiger charge is 2.35. The van der Waals surface area contributed by atoms with Crippen LogP contribution >= 0.6 is 11.6 Å². The number of nitrogens with zero attached hydrogens (tertiary/aromatic N) is 2. The molecule has 10 nitrogen and oxygen atoms in total. The number of hydrogen-bond acceptors (Lipinski definition) is 5. The summed E-state index contributed by atoms with van der Waals surface area (Å²) >= 11 is 6.22. The second-order valence-corrected chi connectivity index (χ2v) is 10.6. The van der Waals surface area contributed by atoms with Crippen molar-refractivity contribution in [2.24, 2.45) is 0 Å². The van der Waals surface area contributed by atoms with Crippen molar-refractivity contribution in [3.05, 3.63) is 76.5 Å². The molecule has 0 aliphatic carbocycles. The third-order valence-electron chi connectivity index (χ3n) is 7.45. The van der Waals surface area contributed by atoms with Crippen LogP contribution in [0, 0.1) is 0 Å². The van der Waals surface area contributed by atoms with E-state index in [4.69, 9.17) is 11.6 Å². The van der Waals surface area contributed by atoms with E-state index in [1.54, 1.807) is 48.4 Å². The normalized spacial score (nSPS) is 20.9. The second-order valence-electron chi connectivity index (χ2n) is 10.2. The molecule has 4 rings (SSSR count). The van der Waals surface area contributed by atoms with Crippen molar-refractivity contribution in [1.82, 2.24) is 20.2 Å². The van der Waals surface area contributed by atoms with Crippen molar-refractivity contribution in [2.75, 3.05) is 24.3 Å². The summed E-state index contributed by atoms with van der Waals surface area (Å²) in [5.74, 6) is -0.227. The van der Waals surface area contributed by atoms with Crippen molar-refractivity contribution in [1.29, 1.82) is 0 Å². The second kappa shape index (κ2) is 14.2. The Morgan fingerprint density at radius 2 is 2.09 bits per heavy atom. The van der Waals surface area contributed by atoms with E-state index >= 15 is 4.39 Å². The molecule has 2 aromatic rings. The van der Waals surface area contributed by atoms with Crippen LogP contribution in [0.4, 0.5) is 25.4 Å². The molecule has 12 heteroatoms. The Morgan fingerprint density at radius 3 is 2.79 bits per heavy atom. The van der Waals surface area contributed by atoms with Gasteiger partial charge in [-0.2, -0.15) is 0 Å². The van der Waals surface area contributed by atoms with Crippen molar-refractivity contribution in [3.8, 4) is 11.3 Å². The zero-order valence-corrected chi connectivity index (χ0v) is 25.3. The van der Waals surface area contributed by atoms with Crippen LogP contribution in [0.1, 0.15) is 58.3 Å². The van der Waals surface area contributed by atoms with Crippen molar-refractivity contribution < 1.29 is 23.5 Å². The third-order valence-corrected chi connectivity index (χ3v) is 7.74. The van der Waals surface area contributed by atoms with Gasteiger partial charge in [0.2, 0.25) is 5.91 Å². The minimum Gasteiger partial charge on any atom is -0.453 e. The first-order valence-corrected chi connectivity index (χ1v) is 14.5. The molecule has 2 atom stereocenters. The van der Waals surface area contributed by atoms with Gasteiger partial charge in [-0.05, 0) is 57.4 Å². The number of halogens is 2. The predicted octanol–water partition coefficient (Wildman–Crippen LogP) is 7.09. The summed E-state index contributed by atoms with van der Waals surface area (Å²) in [6.07, 6.45) is 9.33. The number of aromatic amines is 1. The number of amides is 4. The number of carbonyl (C=O) groups excluding carboxylic acids is 3. The Hall–Kier alpha value is -4.38. The molecule has 1 fully saturated rings. The lowest BCUT2D eigenvalue weighted by atomic mass is 9.93. The van der Waals surface area contributed by atoms with Gasteiger partial charge < -0.3 is 25.3 Å². The average molecular weight is 611 g/mol. The molecular formula is C31H36ClFN6O4. The smallest absolute Gasteiger partial charge is 0.411 e. The molecule has 2 bridgehead atoms. The van der Waals surface area contributed by atoms with E-state index in [-0.39, 0.29) is 23.4 Å². The van der Waals surface area contributed by atoms with E-state index in [1.165, 1.54) is 13.2 Å². The van der Waals surface area contributed by atoms with E-state index in [2.05, 4.69) is 30.7 Å². The van der Waals surface area contributed by atoms with Crippen LogP contribution < -0.4 is 16.0 Å². The van der Waals surface area contributed by atoms with Gasteiger partial charge in [-0.1, -0.05) is 42.3 Å². The average Bonchev–Trinajstić information content (AvgIpc) is 3.47. The highest BCUT2D eigenvalue weighted by molar-refractivity contribution is 6.31. The summed E-state index contributed by atoms with van der Waals surface area (Å²) in [4.78, 5) is 47.6. The molecule has 1 saturated heterocycles. The lowest BCUT2D eigenvalue weighted by Gasteiger charge is -2.38. The number of urea groups is 1. The van der Waals surface area contributed by atoms with Crippen molar-refractivity contribution in [3.63, 3.8) is 0 Å². The number of rotatable bonds is 6. The summed E-state index contributed by atoms with van der Waals surface area (Å²) in [5, 5.41) is 8.47. The predicted molar refractivity (Wildman–Crippen MR) is 165 cm³/mol. The Kier molecular flexibility index (Phi) is 10.4. The third kappa shape index (κ3) is 7.34. The van der Waals surface area contributed by atoms with E-state index < -0.39 is 24.0 Å². The summed E-state index contributed by atoms with van der Waals surface area (Å²) in [6, 6.07) is 3.70. The number of allylic oxidation sites excluding steroid dienone is 4. The Labute approximate surface area is 255 Å². The van der Waals surface area contributed by atoms with Crippen LogP contribution in [0.2, 0.25) is 0 Å². The highest BCUT2D eigenvalue weighted by Crippen LogP contribution is 2.35. The lowest BCUT2D eigenvalue weighted by molar-refractivity contribution is -0.115. The highest BCUT2D eigenvalue weighted by atomic mass is 35.5. The van der Waals surface area contributed by atoms with Crippen LogP contribution in [0.15, 0.2) is 70.7 Å². The molecule has 1 aromatic carbocycles. The first-order valence-electron chi connectivity index (χ1n) is 14.1. The van der Waals surface area contributed by atoms with E-state index in [9.17, 15) is 14.4 Å². The number of H-pyrrole nitrogens is 1. The van der Waals surface area contributed by atoms with Gasteiger partial charge in [-0.25, -0.2) is 19.0 Å². The Bertz CT molecular complexity index is 1510. The molecule has 0 saturated carbocycles. The molecule has 2 aliphatic rings. The molecule has 4 amide bonds. The molecule has 43 heavy (non-hydrogen) atoms. The van der Waals surface area contributed by atoms with Gasteiger partial charge in [0.05, 0.1) is 41.8 Å². The summed E-state index contributed by atoms with van der Waals surface area (Å²) in [6.45, 7) is 5.88. The van der Waals surface area contributed by atoms with Gasteiger partial charge in [0.25, 0.3) is 0 Å². The number of carbonyl (C=O) groups is 3. The Morgan fingerprint density at radius 1 is 1.30 bits per heavy atom. The lowest BCUT2D eigenvalue weighted by Crippen LogP contribution is -2.53. The monoisotopic (exact) mass is 610 g/mol. The van der Waals surface area contributed by atoms with Gasteiger partial charge in [0.15, 0.2) is 0 Å². The molecule has 0 radical (unpaired) electrons. The number of imidazole rings is 1. The number of benzene rings is 1. The van der Waals surface area contributed by atoms with Crippen LogP contribution in [0.5, 0.6) is 0 Å². The first-order chi connectivity index (χ1) is 20.7. The number of fused-ring (bicyclic) bond motifs is 4. The topological polar surface area (TPSA) is 128 Å². The molecule has 0 spiro atoms. The van der Waals surface area contributed by atoms with Gasteiger partial charge in [-0.15, -0.1) is 0 Å². The molecule has 4 N–H and O–H groups in total. The van der Waals surface area contributed by atoms with E-state index in [0.717, 1.165) is 5.57 Å². The largest absolute Gasteiger partial charge is 0.453 e. The van der Waals surface area contributed by atoms with Gasteiger partial charge in [0.1, 0.15) is 11.7 Å². The fourth-order valence-corrected chi connectivity index (χ4v) is 5.37. The molecular weight excluding hydrogens is 575 g/mol. The molecule has 1 unspecified atom stereocenters. The molecule has 1 aromatic heterocycles. The number of nitrogens with one attached hydrogen (secondary N) is 4. The number of aromatic nitrogens is 2. The Balaban J connectivity index is 1.65. The fourth-order valence-electron chi connectivity index (χ4n) is 5.14. The van der Waals surface area contributed by atoms with Gasteiger partial charge >= 0.3 is 12.1 Å². The van der Waals surface area contributed by atoms with Crippen molar-refractivity contribution in [2.45, 2.75) is 58.5 Å². The number of hydrogen-bond donors (Lipinski definition) is 4. The maximum absolute atomic E-state index is 15.5. The number of ether oxygens (including phenoxy) is 1. The van der Waals surface area contributed by atoms with Crippen LogP contribution in [0.25, 0.3) is 11.3 Å². The number of anilines is 2. The van der Waals surface area contributed by atoms with E-state index in [0.29, 0.717) is 59.8 Å². The molecule has 228 valence electrons. The van der Waals surface area contributed by atoms with Crippen LogP contribution in [0.3, 0.4) is 0 Å². The maximum atomic E-state index is 15.5. The summed E-state index contributed by atoms with van der Waals surface area (Å²) < 4.78 is 20.1. The minimum absolute atomic E-state index is 0.00735. The molecule has 2 aliphatic heterocycles. The minimum atomic E-state index is -0.636. The summed E-state index contributed by atoms with van der Waals surface area (Å²) in [5.41, 5.74) is 3.39. The summed E-state index contributed by atoms with van der Waals surface area (Å²) in [7, 11) is 1.26. The van der Waals surface area contributed by atoms with E-state index in [1.807, 2.05) is 19.9 Å².